The monoisotopic (exact) mass is 486 g/mol. The lowest BCUT2D eigenvalue weighted by atomic mass is 10.2. The number of pyridine rings is 1. The number of sulfonamides is 1. The summed E-state index contributed by atoms with van der Waals surface area (Å²) in [7, 11) is -3.70. The molecule has 4 aromatic rings. The number of hydrogen-bond acceptors (Lipinski definition) is 9. The van der Waals surface area contributed by atoms with Crippen LogP contribution in [0.4, 0.5) is 0 Å². The van der Waals surface area contributed by atoms with Gasteiger partial charge in [-0.15, -0.1) is 16.4 Å². The maximum atomic E-state index is 12.6. The maximum absolute atomic E-state index is 12.6. The van der Waals surface area contributed by atoms with E-state index in [1.807, 2.05) is 6.92 Å². The highest BCUT2D eigenvalue weighted by molar-refractivity contribution is 7.89. The fourth-order valence-corrected chi connectivity index (χ4v) is 4.98. The van der Waals surface area contributed by atoms with Crippen molar-refractivity contribution in [3.63, 3.8) is 0 Å². The molecule has 3 aromatic heterocycles. The van der Waals surface area contributed by atoms with Crippen molar-refractivity contribution < 1.29 is 13.2 Å². The van der Waals surface area contributed by atoms with Gasteiger partial charge >= 0.3 is 0 Å². The van der Waals surface area contributed by atoms with E-state index in [0.29, 0.717) is 17.8 Å². The fraction of sp³-hybridized carbons (Fsp3) is 0.150. The summed E-state index contributed by atoms with van der Waals surface area (Å²) in [4.78, 5) is 21.6. The number of rotatable bonds is 8. The van der Waals surface area contributed by atoms with Crippen molar-refractivity contribution in [2.45, 2.75) is 24.9 Å². The predicted octanol–water partition coefficient (Wildman–Crippen LogP) is 2.77. The summed E-state index contributed by atoms with van der Waals surface area (Å²) in [6.45, 7) is 2.33. The molecular formula is C20H18N6O3S3. The van der Waals surface area contributed by atoms with Gasteiger partial charge in [-0.3, -0.25) is 9.78 Å². The number of aryl methyl sites for hydroxylation is 1. The van der Waals surface area contributed by atoms with Crippen molar-refractivity contribution in [1.29, 1.82) is 0 Å². The van der Waals surface area contributed by atoms with E-state index in [-0.39, 0.29) is 23.0 Å². The summed E-state index contributed by atoms with van der Waals surface area (Å²) in [5.74, 6) is -0.307. The minimum atomic E-state index is -3.70. The molecule has 0 aliphatic rings. The van der Waals surface area contributed by atoms with Crippen molar-refractivity contribution in [1.82, 2.24) is 29.6 Å². The fourth-order valence-electron chi connectivity index (χ4n) is 2.77. The van der Waals surface area contributed by atoms with Gasteiger partial charge in [0.1, 0.15) is 11.4 Å². The van der Waals surface area contributed by atoms with Crippen LogP contribution in [0.1, 0.15) is 25.9 Å². The molecule has 32 heavy (non-hydrogen) atoms. The maximum Gasteiger partial charge on any atom is 0.270 e. The minimum Gasteiger partial charge on any atom is -0.346 e. The third-order valence-corrected chi connectivity index (χ3v) is 7.27. The Bertz CT molecular complexity index is 1300. The highest BCUT2D eigenvalue weighted by atomic mass is 32.2. The molecule has 0 aliphatic heterocycles. The van der Waals surface area contributed by atoms with Crippen LogP contribution in [-0.2, 0) is 23.1 Å². The van der Waals surface area contributed by atoms with Crippen LogP contribution in [0, 0.1) is 6.92 Å². The summed E-state index contributed by atoms with van der Waals surface area (Å²) in [6.07, 6.45) is 3.21. The Balaban J connectivity index is 1.33. The lowest BCUT2D eigenvalue weighted by Crippen LogP contribution is -2.24. The first-order valence-electron chi connectivity index (χ1n) is 9.42. The Morgan fingerprint density at radius 2 is 1.84 bits per heavy atom. The Morgan fingerprint density at radius 3 is 2.47 bits per heavy atom. The molecule has 1 amide bonds. The lowest BCUT2D eigenvalue weighted by Gasteiger charge is -2.08. The van der Waals surface area contributed by atoms with Crippen molar-refractivity contribution >= 4 is 38.8 Å². The molecule has 0 unspecified atom stereocenters. The number of amides is 1. The van der Waals surface area contributed by atoms with Crippen molar-refractivity contribution in [3.05, 3.63) is 75.3 Å². The van der Waals surface area contributed by atoms with E-state index in [1.165, 1.54) is 41.2 Å². The molecule has 0 aliphatic carbocycles. The molecule has 0 fully saturated rings. The van der Waals surface area contributed by atoms with Crippen LogP contribution in [0.3, 0.4) is 0 Å². The molecule has 1 aromatic carbocycles. The van der Waals surface area contributed by atoms with E-state index in [9.17, 15) is 13.2 Å². The van der Waals surface area contributed by atoms with Crippen LogP contribution in [0.15, 0.2) is 59.1 Å². The molecule has 164 valence electrons. The normalized spacial score (nSPS) is 11.4. The van der Waals surface area contributed by atoms with Crippen LogP contribution < -0.4 is 10.0 Å². The minimum absolute atomic E-state index is 0.0507. The molecule has 0 bridgehead atoms. The second kappa shape index (κ2) is 9.61. The predicted molar refractivity (Wildman–Crippen MR) is 122 cm³/mol. The zero-order chi connectivity index (χ0) is 22.6. The van der Waals surface area contributed by atoms with Gasteiger partial charge in [0.15, 0.2) is 0 Å². The average molecular weight is 487 g/mol. The van der Waals surface area contributed by atoms with Crippen molar-refractivity contribution in [3.8, 4) is 11.3 Å². The van der Waals surface area contributed by atoms with Crippen molar-refractivity contribution in [2.75, 3.05) is 0 Å². The zero-order valence-corrected chi connectivity index (χ0v) is 19.3. The van der Waals surface area contributed by atoms with Gasteiger partial charge in [0.05, 0.1) is 16.4 Å². The van der Waals surface area contributed by atoms with Crippen LogP contribution in [0.5, 0.6) is 0 Å². The SMILES string of the molecule is Cc1ncc(CNC(=O)c2ccc(CNS(=O)(=O)c3ccc(-c4csnn4)cc3)cn2)s1. The first kappa shape index (κ1) is 22.1. The summed E-state index contributed by atoms with van der Waals surface area (Å²) in [5, 5.41) is 9.49. The summed E-state index contributed by atoms with van der Waals surface area (Å²) in [6, 6.07) is 9.65. The number of carbonyl (C=O) groups is 1. The summed E-state index contributed by atoms with van der Waals surface area (Å²) < 4.78 is 31.5. The molecule has 0 radical (unpaired) electrons. The van der Waals surface area contributed by atoms with Gasteiger partial charge in [0.25, 0.3) is 5.91 Å². The van der Waals surface area contributed by atoms with Gasteiger partial charge in [0.2, 0.25) is 10.0 Å². The number of nitrogens with zero attached hydrogens (tertiary/aromatic N) is 4. The zero-order valence-electron chi connectivity index (χ0n) is 16.8. The number of thiazole rings is 1. The average Bonchev–Trinajstić information content (AvgIpc) is 3.49. The number of aromatic nitrogens is 4. The van der Waals surface area contributed by atoms with E-state index in [2.05, 4.69) is 29.6 Å². The van der Waals surface area contributed by atoms with Gasteiger partial charge in [-0.25, -0.2) is 18.1 Å². The van der Waals surface area contributed by atoms with Crippen molar-refractivity contribution in [2.24, 2.45) is 0 Å². The molecule has 3 heterocycles. The van der Waals surface area contributed by atoms with Gasteiger partial charge in [-0.05, 0) is 42.2 Å². The van der Waals surface area contributed by atoms with Crippen LogP contribution in [0.25, 0.3) is 11.3 Å². The summed E-state index contributed by atoms with van der Waals surface area (Å²) in [5.41, 5.74) is 2.38. The van der Waals surface area contributed by atoms with Crippen LogP contribution in [-0.4, -0.2) is 33.9 Å². The van der Waals surface area contributed by atoms with E-state index in [1.54, 1.807) is 35.8 Å². The standard InChI is InChI=1S/C20H18N6O3S3/c1-13-21-10-16(31-13)11-23-20(27)18-7-2-14(8-22-18)9-24-32(28,29)17-5-3-15(4-6-17)19-12-30-26-25-19/h2-8,10,12,24H,9,11H2,1H3,(H,23,27). The highest BCUT2D eigenvalue weighted by Crippen LogP contribution is 2.20. The smallest absolute Gasteiger partial charge is 0.270 e. The van der Waals surface area contributed by atoms with Crippen LogP contribution in [0.2, 0.25) is 0 Å². The van der Waals surface area contributed by atoms with E-state index < -0.39 is 10.0 Å². The van der Waals surface area contributed by atoms with Gasteiger partial charge in [0, 0.05) is 34.8 Å². The molecule has 2 N–H and O–H groups in total. The van der Waals surface area contributed by atoms with Gasteiger partial charge in [-0.2, -0.15) is 0 Å². The second-order valence-corrected chi connectivity index (χ2v) is 10.4. The van der Waals surface area contributed by atoms with Crippen LogP contribution >= 0.6 is 22.9 Å². The van der Waals surface area contributed by atoms with Gasteiger partial charge < -0.3 is 5.32 Å². The largest absolute Gasteiger partial charge is 0.346 e. The topological polar surface area (TPSA) is 127 Å². The molecule has 0 saturated heterocycles. The lowest BCUT2D eigenvalue weighted by molar-refractivity contribution is 0.0946. The molecular weight excluding hydrogens is 468 g/mol. The van der Waals surface area contributed by atoms with Gasteiger partial charge in [-0.1, -0.05) is 22.7 Å². The first-order chi connectivity index (χ1) is 15.4. The van der Waals surface area contributed by atoms with E-state index >= 15 is 0 Å². The Hall–Kier alpha value is -3.06. The molecule has 0 saturated carbocycles. The molecule has 0 spiro atoms. The molecule has 0 atom stereocenters. The number of carbonyl (C=O) groups excluding carboxylic acids is 1. The third kappa shape index (κ3) is 5.40. The highest BCUT2D eigenvalue weighted by Gasteiger charge is 2.15. The number of benzene rings is 1. The number of hydrogen-bond donors (Lipinski definition) is 2. The Morgan fingerprint density at radius 1 is 1.03 bits per heavy atom. The Kier molecular flexibility index (Phi) is 6.65. The first-order valence-corrected chi connectivity index (χ1v) is 12.6. The van der Waals surface area contributed by atoms with E-state index in [4.69, 9.17) is 0 Å². The number of nitrogens with one attached hydrogen (secondary N) is 2. The second-order valence-electron chi connectivity index (χ2n) is 6.72. The molecule has 4 rings (SSSR count). The Labute approximate surface area is 192 Å². The van der Waals surface area contributed by atoms with E-state index in [0.717, 1.165) is 15.4 Å². The molecule has 12 heteroatoms. The quantitative estimate of drug-likeness (QED) is 0.392. The molecule has 9 nitrogen and oxygen atoms in total. The third-order valence-electron chi connectivity index (χ3n) is 4.44. The summed E-state index contributed by atoms with van der Waals surface area (Å²) >= 11 is 2.75.